The topological polar surface area (TPSA) is 38.5 Å². The van der Waals surface area contributed by atoms with Crippen molar-refractivity contribution >= 4 is 11.4 Å². The number of nitrogens with two attached hydrogens (primary N) is 1. The van der Waals surface area contributed by atoms with E-state index in [4.69, 9.17) is 10.5 Å². The van der Waals surface area contributed by atoms with Crippen molar-refractivity contribution < 1.29 is 4.74 Å². The van der Waals surface area contributed by atoms with Crippen LogP contribution in [-0.4, -0.2) is 19.7 Å². The van der Waals surface area contributed by atoms with Gasteiger partial charge in [0, 0.05) is 17.9 Å². The molecule has 2 aromatic carbocycles. The third-order valence-corrected chi connectivity index (χ3v) is 3.72. The number of nitrogen functional groups attached to an aromatic ring is 1. The minimum atomic E-state index is 0.692. The molecule has 3 rings (SSSR count). The van der Waals surface area contributed by atoms with E-state index in [1.807, 2.05) is 18.2 Å². The van der Waals surface area contributed by atoms with Crippen LogP contribution in [0.25, 0.3) is 0 Å². The maximum absolute atomic E-state index is 5.87. The lowest BCUT2D eigenvalue weighted by molar-refractivity contribution is 0.324. The lowest BCUT2D eigenvalue weighted by atomic mass is 10.1. The molecular formula is C17H20N2O. The van der Waals surface area contributed by atoms with E-state index in [-0.39, 0.29) is 0 Å². The quantitative estimate of drug-likeness (QED) is 0.866. The zero-order valence-corrected chi connectivity index (χ0v) is 11.8. The molecule has 0 aliphatic carbocycles. The van der Waals surface area contributed by atoms with E-state index in [1.54, 1.807) is 0 Å². The van der Waals surface area contributed by atoms with Gasteiger partial charge in [-0.05, 0) is 48.7 Å². The summed E-state index contributed by atoms with van der Waals surface area (Å²) in [6.07, 6.45) is 1.10. The second-order valence-electron chi connectivity index (χ2n) is 5.29. The third-order valence-electron chi connectivity index (χ3n) is 3.72. The van der Waals surface area contributed by atoms with Crippen LogP contribution in [0.1, 0.15) is 11.1 Å². The molecule has 0 radical (unpaired) electrons. The summed E-state index contributed by atoms with van der Waals surface area (Å²) in [6, 6.07) is 14.3. The van der Waals surface area contributed by atoms with Crippen LogP contribution < -0.4 is 15.4 Å². The van der Waals surface area contributed by atoms with Gasteiger partial charge in [-0.1, -0.05) is 18.2 Å². The van der Waals surface area contributed by atoms with Gasteiger partial charge in [0.05, 0.1) is 6.54 Å². The van der Waals surface area contributed by atoms with Crippen LogP contribution in [0.5, 0.6) is 5.75 Å². The third kappa shape index (κ3) is 2.72. The number of rotatable bonds is 4. The van der Waals surface area contributed by atoms with Crippen LogP contribution in [0.3, 0.4) is 0 Å². The van der Waals surface area contributed by atoms with E-state index in [1.165, 1.54) is 16.8 Å². The highest BCUT2D eigenvalue weighted by Crippen LogP contribution is 2.29. The average Bonchev–Trinajstić information content (AvgIpc) is 2.82. The molecule has 0 spiro atoms. The van der Waals surface area contributed by atoms with Crippen molar-refractivity contribution in [1.29, 1.82) is 0 Å². The predicted molar refractivity (Wildman–Crippen MR) is 83.4 cm³/mol. The first-order valence-corrected chi connectivity index (χ1v) is 7.05. The molecule has 1 heterocycles. The van der Waals surface area contributed by atoms with Gasteiger partial charge in [-0.3, -0.25) is 0 Å². The average molecular weight is 268 g/mol. The van der Waals surface area contributed by atoms with Crippen LogP contribution in [0, 0.1) is 6.92 Å². The SMILES string of the molecule is Cc1cccc(OCCN2CCc3ccc(N)cc32)c1. The van der Waals surface area contributed by atoms with Crippen LogP contribution in [-0.2, 0) is 6.42 Å². The van der Waals surface area contributed by atoms with Crippen molar-refractivity contribution in [3.8, 4) is 5.75 Å². The molecule has 0 saturated heterocycles. The first-order chi connectivity index (χ1) is 9.72. The Bertz CT molecular complexity index is 610. The van der Waals surface area contributed by atoms with E-state index in [0.717, 1.165) is 30.9 Å². The van der Waals surface area contributed by atoms with Gasteiger partial charge in [-0.15, -0.1) is 0 Å². The van der Waals surface area contributed by atoms with Gasteiger partial charge < -0.3 is 15.4 Å². The number of hydrogen-bond donors (Lipinski definition) is 1. The lowest BCUT2D eigenvalue weighted by Gasteiger charge is -2.20. The molecule has 3 heteroatoms. The summed E-state index contributed by atoms with van der Waals surface area (Å²) in [5, 5.41) is 0. The normalized spacial score (nSPS) is 13.3. The van der Waals surface area contributed by atoms with Crippen molar-refractivity contribution in [1.82, 2.24) is 0 Å². The van der Waals surface area contributed by atoms with Gasteiger partial charge in [0.1, 0.15) is 12.4 Å². The highest BCUT2D eigenvalue weighted by Gasteiger charge is 2.18. The summed E-state index contributed by atoms with van der Waals surface area (Å²) in [6.45, 7) is 4.71. The second kappa shape index (κ2) is 5.45. The minimum Gasteiger partial charge on any atom is -0.492 e. The maximum atomic E-state index is 5.87. The fourth-order valence-electron chi connectivity index (χ4n) is 2.67. The molecule has 20 heavy (non-hydrogen) atoms. The summed E-state index contributed by atoms with van der Waals surface area (Å²) < 4.78 is 5.82. The Labute approximate surface area is 120 Å². The molecule has 0 bridgehead atoms. The van der Waals surface area contributed by atoms with Gasteiger partial charge in [0.15, 0.2) is 0 Å². The lowest BCUT2D eigenvalue weighted by Crippen LogP contribution is -2.26. The van der Waals surface area contributed by atoms with Crippen LogP contribution in [0.15, 0.2) is 42.5 Å². The first-order valence-electron chi connectivity index (χ1n) is 7.05. The Morgan fingerprint density at radius 1 is 1.20 bits per heavy atom. The van der Waals surface area contributed by atoms with E-state index in [9.17, 15) is 0 Å². The van der Waals surface area contributed by atoms with Crippen molar-refractivity contribution in [2.75, 3.05) is 30.3 Å². The molecule has 2 N–H and O–H groups in total. The van der Waals surface area contributed by atoms with E-state index < -0.39 is 0 Å². The molecule has 0 fully saturated rings. The standard InChI is InChI=1S/C17H20N2O/c1-13-3-2-4-16(11-13)20-10-9-19-8-7-14-5-6-15(18)12-17(14)19/h2-6,11-12H,7-10,18H2,1H3. The Hall–Kier alpha value is -2.16. The number of anilines is 2. The molecule has 0 saturated carbocycles. The van der Waals surface area contributed by atoms with E-state index >= 15 is 0 Å². The van der Waals surface area contributed by atoms with Gasteiger partial charge >= 0.3 is 0 Å². The largest absolute Gasteiger partial charge is 0.492 e. The van der Waals surface area contributed by atoms with Gasteiger partial charge in [-0.25, -0.2) is 0 Å². The summed E-state index contributed by atoms with van der Waals surface area (Å²) in [7, 11) is 0. The number of nitrogens with zero attached hydrogens (tertiary/aromatic N) is 1. The molecule has 2 aromatic rings. The number of benzene rings is 2. The summed E-state index contributed by atoms with van der Waals surface area (Å²) in [4.78, 5) is 2.35. The molecule has 3 nitrogen and oxygen atoms in total. The van der Waals surface area contributed by atoms with Crippen molar-refractivity contribution in [3.05, 3.63) is 53.6 Å². The zero-order chi connectivity index (χ0) is 13.9. The van der Waals surface area contributed by atoms with E-state index in [2.05, 4.69) is 36.1 Å². The number of fused-ring (bicyclic) bond motifs is 1. The van der Waals surface area contributed by atoms with Crippen molar-refractivity contribution in [3.63, 3.8) is 0 Å². The summed E-state index contributed by atoms with van der Waals surface area (Å²) in [5.41, 5.74) is 10.6. The second-order valence-corrected chi connectivity index (χ2v) is 5.29. The molecule has 1 aliphatic heterocycles. The Kier molecular flexibility index (Phi) is 3.50. The minimum absolute atomic E-state index is 0.692. The van der Waals surface area contributed by atoms with Crippen molar-refractivity contribution in [2.45, 2.75) is 13.3 Å². The molecule has 0 amide bonds. The molecule has 0 atom stereocenters. The fourth-order valence-corrected chi connectivity index (χ4v) is 2.67. The molecule has 0 unspecified atom stereocenters. The Morgan fingerprint density at radius 2 is 2.10 bits per heavy atom. The van der Waals surface area contributed by atoms with Crippen LogP contribution in [0.2, 0.25) is 0 Å². The molecule has 1 aliphatic rings. The number of aryl methyl sites for hydroxylation is 1. The van der Waals surface area contributed by atoms with Gasteiger partial charge in [-0.2, -0.15) is 0 Å². The van der Waals surface area contributed by atoms with Gasteiger partial charge in [0.25, 0.3) is 0 Å². The fraction of sp³-hybridized carbons (Fsp3) is 0.294. The first kappa shape index (κ1) is 12.9. The Balaban J connectivity index is 1.59. The van der Waals surface area contributed by atoms with Crippen molar-refractivity contribution in [2.24, 2.45) is 0 Å². The molecule has 0 aromatic heterocycles. The number of ether oxygens (including phenoxy) is 1. The summed E-state index contributed by atoms with van der Waals surface area (Å²) in [5.74, 6) is 0.942. The highest BCUT2D eigenvalue weighted by atomic mass is 16.5. The zero-order valence-electron chi connectivity index (χ0n) is 11.8. The Morgan fingerprint density at radius 3 is 2.95 bits per heavy atom. The predicted octanol–water partition coefficient (Wildman–Crippen LogP) is 3.02. The van der Waals surface area contributed by atoms with E-state index in [0.29, 0.717) is 6.61 Å². The van der Waals surface area contributed by atoms with Crippen LogP contribution >= 0.6 is 0 Å². The highest BCUT2D eigenvalue weighted by molar-refractivity contribution is 5.64. The molecule has 104 valence electrons. The maximum Gasteiger partial charge on any atom is 0.119 e. The van der Waals surface area contributed by atoms with Crippen LogP contribution in [0.4, 0.5) is 11.4 Å². The monoisotopic (exact) mass is 268 g/mol. The summed E-state index contributed by atoms with van der Waals surface area (Å²) >= 11 is 0. The van der Waals surface area contributed by atoms with Gasteiger partial charge in [0.2, 0.25) is 0 Å². The molecular weight excluding hydrogens is 248 g/mol. The smallest absolute Gasteiger partial charge is 0.119 e. The number of hydrogen-bond acceptors (Lipinski definition) is 3.